The summed E-state index contributed by atoms with van der Waals surface area (Å²) in [6.45, 7) is 2.47. The van der Waals surface area contributed by atoms with Gasteiger partial charge in [-0.05, 0) is 37.1 Å². The minimum Gasteiger partial charge on any atom is -0.284 e. The molecule has 1 heterocycles. The standard InChI is InChI=1S/C11H12N2O3S/c1-9-7-10(8-12)3-4-11(9)17(14,15)13-5-2-6-16-13/h3-4,7H,2,5-6H2,1H3. The van der Waals surface area contributed by atoms with Gasteiger partial charge in [-0.2, -0.15) is 5.26 Å². The van der Waals surface area contributed by atoms with Gasteiger partial charge in [0.2, 0.25) is 0 Å². The fraction of sp³-hybridized carbons (Fsp3) is 0.364. The van der Waals surface area contributed by atoms with Crippen LogP contribution in [0.5, 0.6) is 0 Å². The molecule has 6 heteroatoms. The summed E-state index contributed by atoms with van der Waals surface area (Å²) in [5, 5.41) is 8.73. The average molecular weight is 252 g/mol. The largest absolute Gasteiger partial charge is 0.284 e. The Hall–Kier alpha value is -1.42. The van der Waals surface area contributed by atoms with Crippen LogP contribution in [0.4, 0.5) is 0 Å². The van der Waals surface area contributed by atoms with Gasteiger partial charge in [0.1, 0.15) is 0 Å². The smallest absolute Gasteiger partial charge is 0.265 e. The summed E-state index contributed by atoms with van der Waals surface area (Å²) in [6, 6.07) is 6.48. The van der Waals surface area contributed by atoms with Gasteiger partial charge in [-0.3, -0.25) is 4.84 Å². The van der Waals surface area contributed by atoms with Crippen LogP contribution in [0.15, 0.2) is 23.1 Å². The van der Waals surface area contributed by atoms with Crippen LogP contribution in [0.1, 0.15) is 17.5 Å². The molecular formula is C11H12N2O3S. The molecule has 1 aliphatic heterocycles. The van der Waals surface area contributed by atoms with Crippen LogP contribution in [0, 0.1) is 18.3 Å². The fourth-order valence-corrected chi connectivity index (χ4v) is 3.24. The second-order valence-corrected chi connectivity index (χ2v) is 5.61. The number of nitriles is 1. The van der Waals surface area contributed by atoms with E-state index in [2.05, 4.69) is 0 Å². The average Bonchev–Trinajstić information content (AvgIpc) is 2.82. The molecule has 0 aliphatic carbocycles. The molecule has 0 unspecified atom stereocenters. The minimum atomic E-state index is -3.59. The number of sulfonamides is 1. The maximum atomic E-state index is 12.2. The SMILES string of the molecule is Cc1cc(C#N)ccc1S(=O)(=O)N1CCCO1. The Bertz CT molecular complexity index is 569. The molecule has 0 N–H and O–H groups in total. The van der Waals surface area contributed by atoms with E-state index in [1.807, 2.05) is 6.07 Å². The molecule has 0 amide bonds. The number of nitrogens with zero attached hydrogens (tertiary/aromatic N) is 2. The monoisotopic (exact) mass is 252 g/mol. The highest BCUT2D eigenvalue weighted by molar-refractivity contribution is 7.89. The van der Waals surface area contributed by atoms with Crippen LogP contribution in [0.2, 0.25) is 0 Å². The number of rotatable bonds is 2. The second kappa shape index (κ2) is 4.45. The molecule has 2 rings (SSSR count). The zero-order valence-corrected chi connectivity index (χ0v) is 10.2. The zero-order chi connectivity index (χ0) is 12.5. The predicted molar refractivity (Wildman–Crippen MR) is 60.4 cm³/mol. The number of hydrogen-bond acceptors (Lipinski definition) is 4. The molecule has 0 bridgehead atoms. The van der Waals surface area contributed by atoms with Gasteiger partial charge in [-0.25, -0.2) is 8.42 Å². The lowest BCUT2D eigenvalue weighted by molar-refractivity contribution is -0.0284. The third-order valence-electron chi connectivity index (χ3n) is 2.57. The first-order chi connectivity index (χ1) is 8.05. The van der Waals surface area contributed by atoms with E-state index in [-0.39, 0.29) is 4.90 Å². The van der Waals surface area contributed by atoms with Crippen LogP contribution < -0.4 is 0 Å². The van der Waals surface area contributed by atoms with Crippen molar-refractivity contribution in [2.24, 2.45) is 0 Å². The first kappa shape index (κ1) is 12.0. The maximum Gasteiger partial charge on any atom is 0.265 e. The molecule has 0 spiro atoms. The summed E-state index contributed by atoms with van der Waals surface area (Å²) in [7, 11) is -3.59. The summed E-state index contributed by atoms with van der Waals surface area (Å²) in [5.74, 6) is 0. The first-order valence-corrected chi connectivity index (χ1v) is 6.66. The van der Waals surface area contributed by atoms with E-state index in [0.29, 0.717) is 30.7 Å². The molecule has 0 aromatic heterocycles. The van der Waals surface area contributed by atoms with Gasteiger partial charge in [0, 0.05) is 6.54 Å². The Labute approximate surface area is 100 Å². The van der Waals surface area contributed by atoms with Crippen molar-refractivity contribution in [3.05, 3.63) is 29.3 Å². The van der Waals surface area contributed by atoms with Crippen LogP contribution in [-0.4, -0.2) is 26.0 Å². The first-order valence-electron chi connectivity index (χ1n) is 5.22. The topological polar surface area (TPSA) is 70.4 Å². The van der Waals surface area contributed by atoms with Crippen molar-refractivity contribution < 1.29 is 13.3 Å². The lowest BCUT2D eigenvalue weighted by atomic mass is 10.2. The van der Waals surface area contributed by atoms with Crippen molar-refractivity contribution in [3.8, 4) is 6.07 Å². The maximum absolute atomic E-state index is 12.2. The second-order valence-electron chi connectivity index (χ2n) is 3.81. The zero-order valence-electron chi connectivity index (χ0n) is 9.38. The van der Waals surface area contributed by atoms with Crippen LogP contribution >= 0.6 is 0 Å². The van der Waals surface area contributed by atoms with Crippen LogP contribution in [0.25, 0.3) is 0 Å². The molecule has 5 nitrogen and oxygen atoms in total. The van der Waals surface area contributed by atoms with Crippen molar-refractivity contribution in [2.75, 3.05) is 13.2 Å². The Morgan fingerprint density at radius 1 is 1.47 bits per heavy atom. The van der Waals surface area contributed by atoms with Crippen molar-refractivity contribution in [1.29, 1.82) is 5.26 Å². The summed E-state index contributed by atoms with van der Waals surface area (Å²) in [4.78, 5) is 5.26. The molecule has 0 saturated carbocycles. The van der Waals surface area contributed by atoms with E-state index in [9.17, 15) is 8.42 Å². The Kier molecular flexibility index (Phi) is 3.15. The Balaban J connectivity index is 2.43. The highest BCUT2D eigenvalue weighted by Gasteiger charge is 2.29. The van der Waals surface area contributed by atoms with Gasteiger partial charge >= 0.3 is 0 Å². The summed E-state index contributed by atoms with van der Waals surface area (Å²) >= 11 is 0. The Morgan fingerprint density at radius 2 is 2.24 bits per heavy atom. The highest BCUT2D eigenvalue weighted by atomic mass is 32.2. The molecule has 1 aliphatic rings. The minimum absolute atomic E-state index is 0.193. The van der Waals surface area contributed by atoms with E-state index >= 15 is 0 Å². The summed E-state index contributed by atoms with van der Waals surface area (Å²) in [6.07, 6.45) is 0.703. The molecule has 17 heavy (non-hydrogen) atoms. The molecular weight excluding hydrogens is 240 g/mol. The molecule has 1 fully saturated rings. The van der Waals surface area contributed by atoms with Gasteiger partial charge in [0.25, 0.3) is 10.0 Å². The predicted octanol–water partition coefficient (Wildman–Crippen LogP) is 1.19. The van der Waals surface area contributed by atoms with E-state index in [1.165, 1.54) is 12.1 Å². The molecule has 1 aromatic carbocycles. The van der Waals surface area contributed by atoms with Crippen molar-refractivity contribution >= 4 is 10.0 Å². The summed E-state index contributed by atoms with van der Waals surface area (Å²) < 4.78 is 25.4. The third kappa shape index (κ3) is 2.17. The highest BCUT2D eigenvalue weighted by Crippen LogP contribution is 2.23. The molecule has 1 saturated heterocycles. The van der Waals surface area contributed by atoms with Gasteiger partial charge in [0.15, 0.2) is 0 Å². The van der Waals surface area contributed by atoms with Crippen molar-refractivity contribution in [3.63, 3.8) is 0 Å². The molecule has 0 radical (unpaired) electrons. The van der Waals surface area contributed by atoms with Gasteiger partial charge in [0.05, 0.1) is 23.1 Å². The lowest BCUT2D eigenvalue weighted by Gasteiger charge is -2.15. The number of benzene rings is 1. The number of hydroxylamine groups is 1. The normalized spacial score (nSPS) is 16.9. The summed E-state index contributed by atoms with van der Waals surface area (Å²) in [5.41, 5.74) is 1.00. The van der Waals surface area contributed by atoms with E-state index in [4.69, 9.17) is 10.1 Å². The number of hydrogen-bond donors (Lipinski definition) is 0. The van der Waals surface area contributed by atoms with E-state index < -0.39 is 10.0 Å². The van der Waals surface area contributed by atoms with Gasteiger partial charge < -0.3 is 0 Å². The quantitative estimate of drug-likeness (QED) is 0.792. The van der Waals surface area contributed by atoms with E-state index in [1.54, 1.807) is 13.0 Å². The van der Waals surface area contributed by atoms with Gasteiger partial charge in [-0.15, -0.1) is 0 Å². The van der Waals surface area contributed by atoms with E-state index in [0.717, 1.165) is 4.47 Å². The Morgan fingerprint density at radius 3 is 2.76 bits per heavy atom. The van der Waals surface area contributed by atoms with Crippen molar-refractivity contribution in [1.82, 2.24) is 4.47 Å². The molecule has 90 valence electrons. The van der Waals surface area contributed by atoms with Crippen LogP contribution in [0.3, 0.4) is 0 Å². The van der Waals surface area contributed by atoms with Gasteiger partial charge in [-0.1, -0.05) is 4.47 Å². The molecule has 0 atom stereocenters. The van der Waals surface area contributed by atoms with Crippen LogP contribution in [-0.2, 0) is 14.9 Å². The number of aryl methyl sites for hydroxylation is 1. The fourth-order valence-electron chi connectivity index (χ4n) is 1.73. The van der Waals surface area contributed by atoms with Crippen molar-refractivity contribution in [2.45, 2.75) is 18.2 Å². The lowest BCUT2D eigenvalue weighted by Crippen LogP contribution is -2.27. The molecule has 1 aromatic rings. The third-order valence-corrected chi connectivity index (χ3v) is 4.41.